The molecule has 0 spiro atoms. The van der Waals surface area contributed by atoms with E-state index in [2.05, 4.69) is 23.3 Å². The number of nitrogens with zero attached hydrogens (tertiary/aromatic N) is 2. The van der Waals surface area contributed by atoms with Crippen LogP contribution < -0.4 is 9.47 Å². The van der Waals surface area contributed by atoms with Crippen LogP contribution in [-0.2, 0) is 11.2 Å². The highest BCUT2D eigenvalue weighted by atomic mass is 32.1. The molecule has 31 heavy (non-hydrogen) atoms. The molecule has 0 saturated carbocycles. The topological polar surface area (TPSA) is 62.2 Å². The lowest BCUT2D eigenvalue weighted by Crippen LogP contribution is -2.47. The number of carbonyl (C=O) groups excluding carboxylic acids is 1. The summed E-state index contributed by atoms with van der Waals surface area (Å²) in [5.41, 5.74) is 1.18. The summed E-state index contributed by atoms with van der Waals surface area (Å²) in [4.78, 5) is 18.7. The van der Waals surface area contributed by atoms with E-state index in [9.17, 15) is 9.90 Å². The number of fused-ring (bicyclic) bond motifs is 1. The van der Waals surface area contributed by atoms with Crippen molar-refractivity contribution in [2.24, 2.45) is 0 Å². The first-order chi connectivity index (χ1) is 15.0. The molecule has 7 heteroatoms. The molecule has 1 aliphatic heterocycles. The largest absolute Gasteiger partial charge is 0.497 e. The number of aliphatic hydroxyl groups excluding tert-OH is 1. The molecule has 0 saturated heterocycles. The highest BCUT2D eigenvalue weighted by Crippen LogP contribution is 2.34. The average molecular weight is 447 g/mol. The van der Waals surface area contributed by atoms with Gasteiger partial charge in [-0.1, -0.05) is 19.9 Å². The van der Waals surface area contributed by atoms with E-state index in [-0.39, 0.29) is 11.9 Å². The van der Waals surface area contributed by atoms with E-state index >= 15 is 0 Å². The molecule has 3 rings (SSSR count). The summed E-state index contributed by atoms with van der Waals surface area (Å²) in [6.07, 6.45) is 2.10. The Morgan fingerprint density at radius 1 is 1.32 bits per heavy atom. The van der Waals surface area contributed by atoms with Crippen molar-refractivity contribution in [2.45, 2.75) is 45.3 Å². The first-order valence-corrected chi connectivity index (χ1v) is 12.0. The van der Waals surface area contributed by atoms with Crippen LogP contribution in [-0.4, -0.2) is 66.8 Å². The Balaban J connectivity index is 1.73. The van der Waals surface area contributed by atoms with Gasteiger partial charge in [0.25, 0.3) is 0 Å². The van der Waals surface area contributed by atoms with Crippen LogP contribution in [0.2, 0.25) is 0 Å². The Labute approximate surface area is 189 Å². The van der Waals surface area contributed by atoms with E-state index < -0.39 is 6.10 Å². The normalized spacial score (nSPS) is 16.8. The average Bonchev–Trinajstić information content (AvgIpc) is 3.26. The number of rotatable bonds is 11. The number of amides is 1. The van der Waals surface area contributed by atoms with Gasteiger partial charge in [-0.05, 0) is 54.9 Å². The third-order valence-electron chi connectivity index (χ3n) is 5.70. The predicted octanol–water partition coefficient (Wildman–Crippen LogP) is 3.74. The quantitative estimate of drug-likeness (QED) is 0.570. The summed E-state index contributed by atoms with van der Waals surface area (Å²) in [5.74, 6) is 1.57. The van der Waals surface area contributed by atoms with Gasteiger partial charge in [-0.3, -0.25) is 9.69 Å². The summed E-state index contributed by atoms with van der Waals surface area (Å²) < 4.78 is 11.4. The monoisotopic (exact) mass is 446 g/mol. The zero-order valence-corrected chi connectivity index (χ0v) is 19.6. The third kappa shape index (κ3) is 6.21. The van der Waals surface area contributed by atoms with Crippen molar-refractivity contribution in [3.63, 3.8) is 0 Å². The Kier molecular flexibility index (Phi) is 8.75. The molecule has 0 fully saturated rings. The second-order valence-electron chi connectivity index (χ2n) is 7.94. The van der Waals surface area contributed by atoms with E-state index in [4.69, 9.17) is 9.47 Å². The molecule has 0 bridgehead atoms. The molecule has 1 aromatic heterocycles. The maximum absolute atomic E-state index is 13.3. The fourth-order valence-corrected chi connectivity index (χ4v) is 4.93. The minimum Gasteiger partial charge on any atom is -0.497 e. The number of aliphatic hydroxyl groups is 1. The Morgan fingerprint density at radius 3 is 2.87 bits per heavy atom. The summed E-state index contributed by atoms with van der Waals surface area (Å²) in [7, 11) is 1.63. The van der Waals surface area contributed by atoms with Gasteiger partial charge in [-0.15, -0.1) is 11.3 Å². The molecule has 2 heterocycles. The van der Waals surface area contributed by atoms with E-state index in [0.29, 0.717) is 32.7 Å². The summed E-state index contributed by atoms with van der Waals surface area (Å²) in [6.45, 7) is 6.79. The van der Waals surface area contributed by atoms with Gasteiger partial charge in [0.15, 0.2) is 0 Å². The second kappa shape index (κ2) is 11.5. The van der Waals surface area contributed by atoms with Crippen LogP contribution in [0.4, 0.5) is 0 Å². The lowest BCUT2D eigenvalue weighted by molar-refractivity contribution is -0.136. The number of methoxy groups -OCH3 is 1. The van der Waals surface area contributed by atoms with Crippen molar-refractivity contribution in [1.82, 2.24) is 9.80 Å². The lowest BCUT2D eigenvalue weighted by atomic mass is 10.0. The van der Waals surface area contributed by atoms with Gasteiger partial charge in [0.1, 0.15) is 18.1 Å². The van der Waals surface area contributed by atoms with Crippen molar-refractivity contribution < 1.29 is 19.4 Å². The van der Waals surface area contributed by atoms with Crippen LogP contribution in [0.5, 0.6) is 11.5 Å². The third-order valence-corrected chi connectivity index (χ3v) is 6.70. The van der Waals surface area contributed by atoms with Crippen LogP contribution >= 0.6 is 11.3 Å². The van der Waals surface area contributed by atoms with Crippen molar-refractivity contribution in [2.75, 3.05) is 39.9 Å². The fourth-order valence-electron chi connectivity index (χ4n) is 4.00. The minimum atomic E-state index is -0.406. The number of ether oxygens (including phenoxy) is 2. The van der Waals surface area contributed by atoms with Crippen LogP contribution in [0.25, 0.3) is 0 Å². The number of hydrogen-bond donors (Lipinski definition) is 1. The molecule has 6 nitrogen and oxygen atoms in total. The molecule has 170 valence electrons. The van der Waals surface area contributed by atoms with E-state index in [0.717, 1.165) is 30.9 Å². The minimum absolute atomic E-state index is 0.0906. The standard InChI is InChI=1S/C24H34N2O4S/c1-4-11-25(15-18(27)5-2)16-24(28)26-12-9-23-21(10-13-31-23)22(26)17-30-20-8-6-7-19(14-20)29-3/h6-8,10,13-14,18,22,27H,4-5,9,11-12,15-17H2,1-3H3/t18-,22-/m0/s1. The van der Waals surface area contributed by atoms with E-state index in [1.165, 1.54) is 10.4 Å². The molecular formula is C24H34N2O4S. The zero-order valence-electron chi connectivity index (χ0n) is 18.8. The van der Waals surface area contributed by atoms with Crippen LogP contribution in [0.3, 0.4) is 0 Å². The maximum atomic E-state index is 13.3. The molecule has 1 N–H and O–H groups in total. The fraction of sp³-hybridized carbons (Fsp3) is 0.542. The molecule has 0 radical (unpaired) electrons. The Bertz CT molecular complexity index is 840. The van der Waals surface area contributed by atoms with Crippen molar-refractivity contribution in [3.05, 3.63) is 46.2 Å². The predicted molar refractivity (Wildman–Crippen MR) is 124 cm³/mol. The zero-order chi connectivity index (χ0) is 22.2. The van der Waals surface area contributed by atoms with Gasteiger partial charge < -0.3 is 19.5 Å². The molecule has 0 unspecified atom stereocenters. The molecule has 1 aliphatic rings. The highest BCUT2D eigenvalue weighted by molar-refractivity contribution is 7.10. The molecule has 2 atom stereocenters. The smallest absolute Gasteiger partial charge is 0.237 e. The van der Waals surface area contributed by atoms with Gasteiger partial charge in [0.2, 0.25) is 5.91 Å². The molecule has 2 aromatic rings. The second-order valence-corrected chi connectivity index (χ2v) is 8.94. The Morgan fingerprint density at radius 2 is 2.13 bits per heavy atom. The SMILES string of the molecule is CCCN(CC(=O)N1CCc2sccc2[C@@H]1COc1cccc(OC)c1)C[C@@H](O)CC. The highest BCUT2D eigenvalue weighted by Gasteiger charge is 2.33. The maximum Gasteiger partial charge on any atom is 0.237 e. The van der Waals surface area contributed by atoms with Gasteiger partial charge >= 0.3 is 0 Å². The number of benzene rings is 1. The van der Waals surface area contributed by atoms with E-state index in [1.54, 1.807) is 18.4 Å². The molecular weight excluding hydrogens is 412 g/mol. The first-order valence-electron chi connectivity index (χ1n) is 11.1. The van der Waals surface area contributed by atoms with Crippen LogP contribution in [0, 0.1) is 0 Å². The van der Waals surface area contributed by atoms with Crippen molar-refractivity contribution in [1.29, 1.82) is 0 Å². The molecule has 1 aromatic carbocycles. The van der Waals surface area contributed by atoms with Crippen molar-refractivity contribution in [3.8, 4) is 11.5 Å². The van der Waals surface area contributed by atoms with E-state index in [1.807, 2.05) is 36.1 Å². The van der Waals surface area contributed by atoms with Crippen molar-refractivity contribution >= 4 is 17.2 Å². The summed E-state index contributed by atoms with van der Waals surface area (Å²) in [5, 5.41) is 12.2. The summed E-state index contributed by atoms with van der Waals surface area (Å²) >= 11 is 1.75. The van der Waals surface area contributed by atoms with Gasteiger partial charge in [0.05, 0.1) is 25.8 Å². The first kappa shape index (κ1) is 23.6. The number of hydrogen-bond acceptors (Lipinski definition) is 6. The van der Waals surface area contributed by atoms with Gasteiger partial charge in [-0.25, -0.2) is 0 Å². The van der Waals surface area contributed by atoms with Crippen LogP contribution in [0.15, 0.2) is 35.7 Å². The number of thiophene rings is 1. The summed E-state index contributed by atoms with van der Waals surface area (Å²) in [6, 6.07) is 9.54. The van der Waals surface area contributed by atoms with Gasteiger partial charge in [-0.2, -0.15) is 0 Å². The molecule has 0 aliphatic carbocycles. The lowest BCUT2D eigenvalue weighted by Gasteiger charge is -2.37. The Hall–Kier alpha value is -2.09. The molecule has 1 amide bonds. The van der Waals surface area contributed by atoms with Crippen LogP contribution in [0.1, 0.15) is 43.2 Å². The van der Waals surface area contributed by atoms with Gasteiger partial charge in [0, 0.05) is 24.0 Å². The number of carbonyl (C=O) groups is 1.